The van der Waals surface area contributed by atoms with Gasteiger partial charge in [-0.05, 0) is 29.7 Å². The minimum absolute atomic E-state index is 0.151. The topological polar surface area (TPSA) is 46.6 Å². The third-order valence-corrected chi connectivity index (χ3v) is 2.68. The zero-order valence-corrected chi connectivity index (χ0v) is 13.8. The molecule has 1 aliphatic heterocycles. The van der Waals surface area contributed by atoms with Gasteiger partial charge < -0.3 is 4.74 Å². The number of carbonyl (C=O) groups is 2. The van der Waals surface area contributed by atoms with E-state index in [1.807, 2.05) is 0 Å². The van der Waals surface area contributed by atoms with Crippen LogP contribution in [0.1, 0.15) is 31.9 Å². The number of imide groups is 1. The number of cyclic esters (lactones) is 1. The molecular weight excluding hydrogens is 323 g/mol. The first kappa shape index (κ1) is 19.7. The molecule has 0 aromatic heterocycles. The Hall–Kier alpha value is -2.31. The molecule has 1 aliphatic rings. The van der Waals surface area contributed by atoms with Gasteiger partial charge in [0.05, 0.1) is 12.1 Å². The van der Waals surface area contributed by atoms with E-state index in [2.05, 4.69) is 25.5 Å². The van der Waals surface area contributed by atoms with Gasteiger partial charge in [-0.25, -0.2) is 9.69 Å². The summed E-state index contributed by atoms with van der Waals surface area (Å²) in [5.41, 5.74) is -0.331. The maximum Gasteiger partial charge on any atom is 0.416 e. The normalized spacial score (nSPS) is 14.6. The van der Waals surface area contributed by atoms with Crippen molar-refractivity contribution in [3.05, 3.63) is 41.5 Å². The quantitative estimate of drug-likeness (QED) is 0.750. The van der Waals surface area contributed by atoms with Crippen LogP contribution in [0.5, 0.6) is 0 Å². The Balaban J connectivity index is 0.000000648. The maximum atomic E-state index is 12.4. The molecule has 0 unspecified atom stereocenters. The van der Waals surface area contributed by atoms with Gasteiger partial charge in [0, 0.05) is 6.08 Å². The Morgan fingerprint density at radius 1 is 1.21 bits per heavy atom. The van der Waals surface area contributed by atoms with Gasteiger partial charge in [-0.2, -0.15) is 13.2 Å². The van der Waals surface area contributed by atoms with Gasteiger partial charge in [-0.1, -0.05) is 32.9 Å². The summed E-state index contributed by atoms with van der Waals surface area (Å²) in [5, 5.41) is 0. The van der Waals surface area contributed by atoms with E-state index in [1.54, 1.807) is 0 Å². The minimum atomic E-state index is -4.39. The number of benzene rings is 1. The fourth-order valence-electron chi connectivity index (χ4n) is 1.63. The van der Waals surface area contributed by atoms with E-state index in [4.69, 9.17) is 0 Å². The van der Waals surface area contributed by atoms with Gasteiger partial charge in [0.25, 0.3) is 5.91 Å². The number of carbonyl (C=O) groups excluding carboxylic acids is 2. The molecule has 24 heavy (non-hydrogen) atoms. The minimum Gasteiger partial charge on any atom is -0.447 e. The van der Waals surface area contributed by atoms with Crippen LogP contribution in [0.2, 0.25) is 0 Å². The Kier molecular flexibility index (Phi) is 7.00. The van der Waals surface area contributed by atoms with Crippen LogP contribution in [0.3, 0.4) is 0 Å². The van der Waals surface area contributed by atoms with Gasteiger partial charge in [0.1, 0.15) is 6.61 Å². The highest BCUT2D eigenvalue weighted by atomic mass is 19.4. The van der Waals surface area contributed by atoms with Gasteiger partial charge in [-0.3, -0.25) is 4.79 Å². The Labute approximate surface area is 138 Å². The Bertz CT molecular complexity index is 589. The monoisotopic (exact) mass is 343 g/mol. The van der Waals surface area contributed by atoms with E-state index in [0.717, 1.165) is 29.0 Å². The Morgan fingerprint density at radius 2 is 1.75 bits per heavy atom. The molecule has 4 nitrogen and oxygen atoms in total. The average Bonchev–Trinajstić information content (AvgIpc) is 2.90. The highest BCUT2D eigenvalue weighted by Gasteiger charge is 2.30. The molecule has 132 valence electrons. The lowest BCUT2D eigenvalue weighted by Gasteiger charge is -2.07. The molecule has 2 rings (SSSR count). The largest absolute Gasteiger partial charge is 0.447 e. The van der Waals surface area contributed by atoms with E-state index in [1.165, 1.54) is 18.2 Å². The van der Waals surface area contributed by atoms with E-state index < -0.39 is 23.7 Å². The lowest BCUT2D eigenvalue weighted by atomic mass is 10.1. The van der Waals surface area contributed by atoms with Crippen LogP contribution in [-0.4, -0.2) is 30.1 Å². The molecule has 7 heteroatoms. The predicted molar refractivity (Wildman–Crippen MR) is 84.1 cm³/mol. The summed E-state index contributed by atoms with van der Waals surface area (Å²) in [7, 11) is 0. The van der Waals surface area contributed by atoms with Crippen LogP contribution in [-0.2, 0) is 15.7 Å². The van der Waals surface area contributed by atoms with Gasteiger partial charge in [0.2, 0.25) is 0 Å². The number of hydrogen-bond donors (Lipinski definition) is 0. The van der Waals surface area contributed by atoms with E-state index in [-0.39, 0.29) is 13.2 Å². The summed E-state index contributed by atoms with van der Waals surface area (Å²) >= 11 is 0. The van der Waals surface area contributed by atoms with Crippen molar-refractivity contribution in [1.29, 1.82) is 0 Å². The second-order valence-corrected chi connectivity index (χ2v) is 5.79. The smallest absolute Gasteiger partial charge is 0.416 e. The SMILES string of the molecule is CC(C)C.O=C(/C=C/c1ccc(C(F)(F)F)cc1)N1CCOC1=O. The zero-order chi connectivity index (χ0) is 18.3. The van der Waals surface area contributed by atoms with Crippen molar-refractivity contribution in [2.24, 2.45) is 5.92 Å². The van der Waals surface area contributed by atoms with Crippen LogP contribution in [0.25, 0.3) is 6.08 Å². The highest BCUT2D eigenvalue weighted by molar-refractivity contribution is 6.01. The van der Waals surface area contributed by atoms with Crippen molar-refractivity contribution in [2.75, 3.05) is 13.2 Å². The summed E-state index contributed by atoms with van der Waals surface area (Å²) < 4.78 is 41.7. The molecule has 0 N–H and O–H groups in total. The predicted octanol–water partition coefficient (Wildman–Crippen LogP) is 4.36. The first-order valence-electron chi connectivity index (χ1n) is 7.45. The first-order chi connectivity index (χ1) is 11.1. The van der Waals surface area contributed by atoms with Crippen LogP contribution in [0.4, 0.5) is 18.0 Å². The van der Waals surface area contributed by atoms with E-state index in [0.29, 0.717) is 5.56 Å². The molecule has 0 aliphatic carbocycles. The van der Waals surface area contributed by atoms with Crippen LogP contribution < -0.4 is 0 Å². The summed E-state index contributed by atoms with van der Waals surface area (Å²) in [6.45, 7) is 6.83. The number of hydrogen-bond acceptors (Lipinski definition) is 3. The molecule has 2 amide bonds. The summed E-state index contributed by atoms with van der Waals surface area (Å²) in [6.07, 6.45) is -2.65. The zero-order valence-electron chi connectivity index (χ0n) is 13.8. The average molecular weight is 343 g/mol. The second-order valence-electron chi connectivity index (χ2n) is 5.79. The molecule has 0 radical (unpaired) electrons. The maximum absolute atomic E-state index is 12.4. The molecule has 1 fully saturated rings. The van der Waals surface area contributed by atoms with E-state index in [9.17, 15) is 22.8 Å². The number of halogens is 3. The van der Waals surface area contributed by atoms with Gasteiger partial charge in [0.15, 0.2) is 0 Å². The molecule has 0 saturated carbocycles. The number of ether oxygens (including phenoxy) is 1. The van der Waals surface area contributed by atoms with Gasteiger partial charge in [-0.15, -0.1) is 0 Å². The van der Waals surface area contributed by atoms with Crippen molar-refractivity contribution in [3.63, 3.8) is 0 Å². The van der Waals surface area contributed by atoms with Crippen molar-refractivity contribution in [1.82, 2.24) is 4.90 Å². The molecule has 1 heterocycles. The summed E-state index contributed by atoms with van der Waals surface area (Å²) in [4.78, 5) is 23.6. The molecule has 0 atom stereocenters. The van der Waals surface area contributed by atoms with Crippen molar-refractivity contribution in [3.8, 4) is 0 Å². The molecule has 1 aromatic rings. The lowest BCUT2D eigenvalue weighted by molar-refractivity contribution is -0.137. The van der Waals surface area contributed by atoms with E-state index >= 15 is 0 Å². The molecular formula is C17H20F3NO3. The number of nitrogens with zero attached hydrogens (tertiary/aromatic N) is 1. The first-order valence-corrected chi connectivity index (χ1v) is 7.45. The highest BCUT2D eigenvalue weighted by Crippen LogP contribution is 2.29. The summed E-state index contributed by atoms with van der Waals surface area (Å²) in [6, 6.07) is 4.34. The Morgan fingerprint density at radius 3 is 2.17 bits per heavy atom. The lowest BCUT2D eigenvalue weighted by Crippen LogP contribution is -2.29. The number of alkyl halides is 3. The van der Waals surface area contributed by atoms with Crippen LogP contribution >= 0.6 is 0 Å². The third kappa shape index (κ3) is 6.44. The van der Waals surface area contributed by atoms with Crippen molar-refractivity contribution in [2.45, 2.75) is 26.9 Å². The van der Waals surface area contributed by atoms with Crippen molar-refractivity contribution >= 4 is 18.1 Å². The molecule has 1 saturated heterocycles. The van der Waals surface area contributed by atoms with Crippen molar-refractivity contribution < 1.29 is 27.5 Å². The summed E-state index contributed by atoms with van der Waals surface area (Å²) in [5.74, 6) is 0.271. The third-order valence-electron chi connectivity index (χ3n) is 2.68. The van der Waals surface area contributed by atoms with Crippen LogP contribution in [0, 0.1) is 5.92 Å². The second kappa shape index (κ2) is 8.52. The number of amides is 2. The molecule has 0 bridgehead atoms. The van der Waals surface area contributed by atoms with Gasteiger partial charge >= 0.3 is 12.3 Å². The molecule has 0 spiro atoms. The number of rotatable bonds is 2. The fourth-order valence-corrected chi connectivity index (χ4v) is 1.63. The standard InChI is InChI=1S/C13H10F3NO3.C4H10/c14-13(15,16)10-4-1-9(2-5-10)3-6-11(18)17-7-8-20-12(17)19;1-4(2)3/h1-6H,7-8H2;4H,1-3H3/b6-3+;. The molecule has 1 aromatic carbocycles. The fraction of sp³-hybridized carbons (Fsp3) is 0.412. The van der Waals surface area contributed by atoms with Crippen LogP contribution in [0.15, 0.2) is 30.3 Å².